The minimum absolute atomic E-state index is 0.119. The normalized spacial score (nSPS) is 16.0. The Morgan fingerprint density at radius 3 is 2.75 bits per heavy atom. The number of H-pyrrole nitrogens is 1. The molecule has 0 amide bonds. The fourth-order valence-electron chi connectivity index (χ4n) is 1.26. The number of rotatable bonds is 3. The summed E-state index contributed by atoms with van der Waals surface area (Å²) >= 11 is 0. The lowest BCUT2D eigenvalue weighted by Gasteiger charge is -2.17. The molecule has 12 heavy (non-hydrogen) atoms. The second-order valence-electron chi connectivity index (χ2n) is 3.36. The van der Waals surface area contributed by atoms with Gasteiger partial charge >= 0.3 is 0 Å². The molecule has 1 aromatic heterocycles. The van der Waals surface area contributed by atoms with Gasteiger partial charge < -0.3 is 5.73 Å². The van der Waals surface area contributed by atoms with Crippen molar-refractivity contribution < 1.29 is 0 Å². The van der Waals surface area contributed by atoms with Crippen molar-refractivity contribution in [2.24, 2.45) is 11.7 Å². The number of nitrogens with one attached hydrogen (secondary N) is 1. The summed E-state index contributed by atoms with van der Waals surface area (Å²) in [6.45, 7) is 6.32. The van der Waals surface area contributed by atoms with Crippen LogP contribution < -0.4 is 5.73 Å². The van der Waals surface area contributed by atoms with E-state index in [1.807, 2.05) is 13.1 Å². The van der Waals surface area contributed by atoms with E-state index in [4.69, 9.17) is 5.73 Å². The van der Waals surface area contributed by atoms with Gasteiger partial charge in [0.15, 0.2) is 0 Å². The zero-order valence-corrected chi connectivity index (χ0v) is 7.96. The predicted octanol–water partition coefficient (Wildman–Crippen LogP) is 1.76. The maximum Gasteiger partial charge on any atom is 0.0537 e. The van der Waals surface area contributed by atoms with Gasteiger partial charge in [-0.25, -0.2) is 0 Å². The van der Waals surface area contributed by atoms with Crippen LogP contribution in [0.5, 0.6) is 0 Å². The van der Waals surface area contributed by atoms with Crippen molar-refractivity contribution in [1.82, 2.24) is 10.2 Å². The molecule has 1 rings (SSSR count). The van der Waals surface area contributed by atoms with Crippen molar-refractivity contribution in [1.29, 1.82) is 0 Å². The maximum absolute atomic E-state index is 6.03. The Balaban J connectivity index is 2.77. The van der Waals surface area contributed by atoms with Crippen molar-refractivity contribution >= 4 is 0 Å². The number of aromatic amines is 1. The number of hydrogen-bond donors (Lipinski definition) is 2. The summed E-state index contributed by atoms with van der Waals surface area (Å²) < 4.78 is 0. The lowest BCUT2D eigenvalue weighted by atomic mass is 9.94. The van der Waals surface area contributed by atoms with Crippen molar-refractivity contribution in [2.45, 2.75) is 33.2 Å². The second-order valence-corrected chi connectivity index (χ2v) is 3.36. The van der Waals surface area contributed by atoms with Crippen molar-refractivity contribution in [3.63, 3.8) is 0 Å². The van der Waals surface area contributed by atoms with Crippen LogP contribution in [0.3, 0.4) is 0 Å². The van der Waals surface area contributed by atoms with E-state index in [9.17, 15) is 0 Å². The van der Waals surface area contributed by atoms with Crippen molar-refractivity contribution in [3.8, 4) is 0 Å². The van der Waals surface area contributed by atoms with Gasteiger partial charge in [-0.2, -0.15) is 5.10 Å². The molecule has 0 radical (unpaired) electrons. The SMILES string of the molecule is CCC(C)C(N)c1cn[nH]c1C. The third-order valence-electron chi connectivity index (χ3n) is 2.49. The fraction of sp³-hybridized carbons (Fsp3) is 0.667. The summed E-state index contributed by atoms with van der Waals surface area (Å²) in [6.07, 6.45) is 2.93. The highest BCUT2D eigenvalue weighted by Crippen LogP contribution is 2.22. The average molecular weight is 167 g/mol. The van der Waals surface area contributed by atoms with Crippen LogP contribution in [0.25, 0.3) is 0 Å². The zero-order chi connectivity index (χ0) is 9.14. The quantitative estimate of drug-likeness (QED) is 0.720. The monoisotopic (exact) mass is 167 g/mol. The highest BCUT2D eigenvalue weighted by Gasteiger charge is 2.15. The highest BCUT2D eigenvalue weighted by molar-refractivity contribution is 5.19. The Labute approximate surface area is 73.4 Å². The summed E-state index contributed by atoms with van der Waals surface area (Å²) in [7, 11) is 0. The molecule has 3 N–H and O–H groups in total. The van der Waals surface area contributed by atoms with E-state index in [2.05, 4.69) is 24.0 Å². The molecule has 0 aliphatic carbocycles. The molecule has 2 atom stereocenters. The first-order valence-corrected chi connectivity index (χ1v) is 4.42. The van der Waals surface area contributed by atoms with Crippen LogP contribution in [0, 0.1) is 12.8 Å². The fourth-order valence-corrected chi connectivity index (χ4v) is 1.26. The molecule has 0 saturated carbocycles. The summed E-state index contributed by atoms with van der Waals surface area (Å²) in [6, 6.07) is 0.119. The largest absolute Gasteiger partial charge is 0.324 e. The van der Waals surface area contributed by atoms with Gasteiger partial charge in [0.1, 0.15) is 0 Å². The van der Waals surface area contributed by atoms with Crippen LogP contribution in [0.4, 0.5) is 0 Å². The van der Waals surface area contributed by atoms with Gasteiger partial charge in [-0.1, -0.05) is 20.3 Å². The van der Waals surface area contributed by atoms with Crippen LogP contribution >= 0.6 is 0 Å². The number of aromatic nitrogens is 2. The minimum Gasteiger partial charge on any atom is -0.324 e. The van der Waals surface area contributed by atoms with E-state index in [0.717, 1.165) is 17.7 Å². The molecule has 1 aromatic rings. The number of nitrogens with two attached hydrogens (primary N) is 1. The smallest absolute Gasteiger partial charge is 0.0537 e. The first-order chi connectivity index (χ1) is 5.66. The molecule has 0 saturated heterocycles. The van der Waals surface area contributed by atoms with E-state index in [-0.39, 0.29) is 6.04 Å². The molecule has 1 heterocycles. The standard InChI is InChI=1S/C9H17N3/c1-4-6(2)9(10)8-5-11-12-7(8)3/h5-6,9H,4,10H2,1-3H3,(H,11,12). The van der Waals surface area contributed by atoms with Gasteiger partial charge in [-0.15, -0.1) is 0 Å². The minimum atomic E-state index is 0.119. The maximum atomic E-state index is 6.03. The molecular weight excluding hydrogens is 150 g/mol. The predicted molar refractivity (Wildman–Crippen MR) is 49.7 cm³/mol. The van der Waals surface area contributed by atoms with E-state index < -0.39 is 0 Å². The van der Waals surface area contributed by atoms with Gasteiger partial charge in [0.2, 0.25) is 0 Å². The molecule has 2 unspecified atom stereocenters. The van der Waals surface area contributed by atoms with Crippen molar-refractivity contribution in [3.05, 3.63) is 17.5 Å². The van der Waals surface area contributed by atoms with E-state index in [1.165, 1.54) is 0 Å². The Hall–Kier alpha value is -0.830. The molecule has 0 aliphatic heterocycles. The third-order valence-corrected chi connectivity index (χ3v) is 2.49. The lowest BCUT2D eigenvalue weighted by molar-refractivity contribution is 0.455. The van der Waals surface area contributed by atoms with Crippen molar-refractivity contribution in [2.75, 3.05) is 0 Å². The number of aryl methyl sites for hydroxylation is 1. The first-order valence-electron chi connectivity index (χ1n) is 4.42. The van der Waals surface area contributed by atoms with Gasteiger partial charge in [-0.05, 0) is 12.8 Å². The molecular formula is C9H17N3. The summed E-state index contributed by atoms with van der Waals surface area (Å²) in [5.74, 6) is 0.515. The second kappa shape index (κ2) is 3.72. The van der Waals surface area contributed by atoms with E-state index in [1.54, 1.807) is 0 Å². The third kappa shape index (κ3) is 1.67. The number of hydrogen-bond acceptors (Lipinski definition) is 2. The van der Waals surface area contributed by atoms with E-state index >= 15 is 0 Å². The van der Waals surface area contributed by atoms with Crippen LogP contribution in [0.15, 0.2) is 6.20 Å². The summed E-state index contributed by atoms with van der Waals surface area (Å²) in [5.41, 5.74) is 8.26. The van der Waals surface area contributed by atoms with E-state index in [0.29, 0.717) is 5.92 Å². The molecule has 68 valence electrons. The Kier molecular flexibility index (Phi) is 2.87. The van der Waals surface area contributed by atoms with Crippen LogP contribution in [-0.2, 0) is 0 Å². The molecule has 0 bridgehead atoms. The number of nitrogens with zero attached hydrogens (tertiary/aromatic N) is 1. The van der Waals surface area contributed by atoms with Gasteiger partial charge in [0, 0.05) is 17.3 Å². The van der Waals surface area contributed by atoms with Gasteiger partial charge in [-0.3, -0.25) is 5.10 Å². The van der Waals surface area contributed by atoms with Crippen LogP contribution in [0.1, 0.15) is 37.6 Å². The Morgan fingerprint density at radius 1 is 1.67 bits per heavy atom. The Bertz CT molecular complexity index is 242. The van der Waals surface area contributed by atoms with Gasteiger partial charge in [0.05, 0.1) is 6.20 Å². The lowest BCUT2D eigenvalue weighted by Crippen LogP contribution is -2.18. The molecule has 0 fully saturated rings. The molecule has 0 aliphatic rings. The zero-order valence-electron chi connectivity index (χ0n) is 7.96. The molecule has 3 nitrogen and oxygen atoms in total. The first kappa shape index (κ1) is 9.26. The summed E-state index contributed by atoms with van der Waals surface area (Å²) in [5, 5.41) is 6.85. The topological polar surface area (TPSA) is 54.7 Å². The highest BCUT2D eigenvalue weighted by atomic mass is 15.1. The Morgan fingerprint density at radius 2 is 2.33 bits per heavy atom. The molecule has 3 heteroatoms. The van der Waals surface area contributed by atoms with Crippen LogP contribution in [0.2, 0.25) is 0 Å². The molecule has 0 spiro atoms. The van der Waals surface area contributed by atoms with Crippen LogP contribution in [-0.4, -0.2) is 10.2 Å². The summed E-state index contributed by atoms with van der Waals surface area (Å²) in [4.78, 5) is 0. The van der Waals surface area contributed by atoms with Gasteiger partial charge in [0.25, 0.3) is 0 Å². The average Bonchev–Trinajstić information content (AvgIpc) is 2.48. The molecule has 0 aromatic carbocycles.